The predicted octanol–water partition coefficient (Wildman–Crippen LogP) is 5.91. The molecule has 0 bridgehead atoms. The van der Waals surface area contributed by atoms with Gasteiger partial charge in [0.2, 0.25) is 0 Å². The molecule has 1 nitrogen and oxygen atoms in total. The van der Waals surface area contributed by atoms with Gasteiger partial charge in [0.25, 0.3) is 0 Å². The minimum absolute atomic E-state index is 0.450. The van der Waals surface area contributed by atoms with Gasteiger partial charge in [-0.15, -0.1) is 0 Å². The van der Waals surface area contributed by atoms with Crippen molar-refractivity contribution in [2.45, 2.75) is 97.3 Å². The third-order valence-electron chi connectivity index (χ3n) is 6.41. The van der Waals surface area contributed by atoms with Crippen molar-refractivity contribution in [2.24, 2.45) is 17.3 Å². The lowest BCUT2D eigenvalue weighted by Gasteiger charge is -2.47. The van der Waals surface area contributed by atoms with E-state index in [2.05, 4.69) is 6.92 Å². The van der Waals surface area contributed by atoms with Gasteiger partial charge < -0.3 is 0 Å². The molecule has 0 saturated heterocycles. The van der Waals surface area contributed by atoms with Gasteiger partial charge in [0.05, 0.1) is 0 Å². The molecule has 0 aromatic carbocycles. The molecule has 0 N–H and O–H groups in total. The van der Waals surface area contributed by atoms with E-state index in [0.717, 1.165) is 31.1 Å². The Bertz CT molecular complexity index is 277. The molecule has 0 heterocycles. The second kappa shape index (κ2) is 7.61. The Kier molecular flexibility index (Phi) is 6.11. The summed E-state index contributed by atoms with van der Waals surface area (Å²) in [7, 11) is 0. The summed E-state index contributed by atoms with van der Waals surface area (Å²) < 4.78 is 0. The second-order valence-corrected chi connectivity index (χ2v) is 7.57. The van der Waals surface area contributed by atoms with Crippen molar-refractivity contribution in [3.8, 4) is 0 Å². The smallest absolute Gasteiger partial charge is 0.132 e. The van der Waals surface area contributed by atoms with E-state index in [-0.39, 0.29) is 0 Å². The zero-order valence-electron chi connectivity index (χ0n) is 13.8. The van der Waals surface area contributed by atoms with E-state index < -0.39 is 0 Å². The van der Waals surface area contributed by atoms with E-state index in [9.17, 15) is 4.79 Å². The summed E-state index contributed by atoms with van der Waals surface area (Å²) >= 11 is 0. The minimum Gasteiger partial charge on any atom is -0.300 e. The van der Waals surface area contributed by atoms with Gasteiger partial charge in [0.1, 0.15) is 5.78 Å². The van der Waals surface area contributed by atoms with Crippen molar-refractivity contribution in [3.05, 3.63) is 0 Å². The summed E-state index contributed by atoms with van der Waals surface area (Å²) in [5, 5.41) is 0. The first-order valence-corrected chi connectivity index (χ1v) is 9.18. The van der Waals surface area contributed by atoms with Gasteiger partial charge in [-0.25, -0.2) is 0 Å². The van der Waals surface area contributed by atoms with E-state index in [1.165, 1.54) is 64.2 Å². The molecule has 0 unspecified atom stereocenters. The number of Topliss-reactive ketones (excluding diaryl/α,β-unsaturated/α-hetero) is 1. The maximum Gasteiger partial charge on any atom is 0.132 e. The molecule has 2 fully saturated rings. The lowest BCUT2D eigenvalue weighted by atomic mass is 9.58. The molecule has 0 aliphatic heterocycles. The average Bonchev–Trinajstić information content (AvgIpc) is 2.54. The number of carbonyl (C=O) groups excluding carboxylic acids is 1. The van der Waals surface area contributed by atoms with Crippen LogP contribution in [0.15, 0.2) is 0 Å². The molecule has 0 aromatic heterocycles. The molecule has 116 valence electrons. The van der Waals surface area contributed by atoms with Gasteiger partial charge >= 0.3 is 0 Å². The summed E-state index contributed by atoms with van der Waals surface area (Å²) in [6.45, 7) is 4.56. The first kappa shape index (κ1) is 16.0. The van der Waals surface area contributed by atoms with Crippen LogP contribution in [0.2, 0.25) is 0 Å². The predicted molar refractivity (Wildman–Crippen MR) is 85.8 cm³/mol. The first-order chi connectivity index (χ1) is 9.66. The van der Waals surface area contributed by atoms with Crippen LogP contribution in [-0.2, 0) is 4.79 Å². The summed E-state index contributed by atoms with van der Waals surface area (Å²) in [5.41, 5.74) is 0.450. The molecule has 2 aliphatic rings. The highest BCUT2D eigenvalue weighted by atomic mass is 16.1. The highest BCUT2D eigenvalue weighted by Gasteiger charge is 2.41. The highest BCUT2D eigenvalue weighted by molar-refractivity contribution is 5.78. The Morgan fingerprint density at radius 1 is 0.900 bits per heavy atom. The van der Waals surface area contributed by atoms with Crippen LogP contribution in [0.5, 0.6) is 0 Å². The zero-order chi connectivity index (χ0) is 14.4. The van der Waals surface area contributed by atoms with Gasteiger partial charge in [-0.3, -0.25) is 4.79 Å². The fraction of sp³-hybridized carbons (Fsp3) is 0.947. The third kappa shape index (κ3) is 3.86. The fourth-order valence-corrected chi connectivity index (χ4v) is 4.85. The molecule has 0 atom stereocenters. The van der Waals surface area contributed by atoms with E-state index in [1.54, 1.807) is 0 Å². The number of ketones is 1. The molecule has 0 spiro atoms. The van der Waals surface area contributed by atoms with Crippen LogP contribution in [-0.4, -0.2) is 5.78 Å². The molecular weight excluding hydrogens is 244 g/mol. The zero-order valence-corrected chi connectivity index (χ0v) is 13.8. The normalized spacial score (nSPS) is 22.9. The lowest BCUT2D eigenvalue weighted by molar-refractivity contribution is -0.120. The van der Waals surface area contributed by atoms with Gasteiger partial charge in [0, 0.05) is 12.8 Å². The Balaban J connectivity index is 2.05. The average molecular weight is 278 g/mol. The number of hydrogen-bond acceptors (Lipinski definition) is 1. The molecular formula is C19H34O. The third-order valence-corrected chi connectivity index (χ3v) is 6.41. The molecule has 20 heavy (non-hydrogen) atoms. The van der Waals surface area contributed by atoms with E-state index >= 15 is 0 Å². The fourth-order valence-electron chi connectivity index (χ4n) is 4.85. The molecule has 2 saturated carbocycles. The van der Waals surface area contributed by atoms with Crippen LogP contribution in [0.4, 0.5) is 0 Å². The molecule has 0 amide bonds. The second-order valence-electron chi connectivity index (χ2n) is 7.57. The van der Waals surface area contributed by atoms with Crippen molar-refractivity contribution in [1.29, 1.82) is 0 Å². The Morgan fingerprint density at radius 2 is 1.35 bits per heavy atom. The van der Waals surface area contributed by atoms with Crippen LogP contribution >= 0.6 is 0 Å². The van der Waals surface area contributed by atoms with Crippen molar-refractivity contribution < 1.29 is 4.79 Å². The van der Waals surface area contributed by atoms with Crippen molar-refractivity contribution >= 4 is 5.78 Å². The van der Waals surface area contributed by atoms with Crippen molar-refractivity contribution in [1.82, 2.24) is 0 Å². The van der Waals surface area contributed by atoms with Gasteiger partial charge in [0.15, 0.2) is 0 Å². The van der Waals surface area contributed by atoms with Crippen LogP contribution in [0.25, 0.3) is 0 Å². The van der Waals surface area contributed by atoms with Crippen molar-refractivity contribution in [2.75, 3.05) is 0 Å². The number of rotatable bonds is 6. The SMILES string of the molecule is CCC(=O)CCC(C)(C1CCCCC1)C1CCCCC1. The lowest BCUT2D eigenvalue weighted by Crippen LogP contribution is -2.38. The largest absolute Gasteiger partial charge is 0.300 e. The van der Waals surface area contributed by atoms with E-state index in [0.29, 0.717) is 11.2 Å². The quantitative estimate of drug-likeness (QED) is 0.590. The summed E-state index contributed by atoms with van der Waals surface area (Å²) in [6, 6.07) is 0. The Labute approximate surface area is 125 Å². The van der Waals surface area contributed by atoms with Crippen molar-refractivity contribution in [3.63, 3.8) is 0 Å². The van der Waals surface area contributed by atoms with Gasteiger partial charge in [-0.05, 0) is 49.4 Å². The standard InChI is InChI=1S/C19H34O/c1-3-18(20)14-15-19(2,16-10-6-4-7-11-16)17-12-8-5-9-13-17/h16-17H,3-15H2,1-2H3. The molecule has 1 heteroatoms. The van der Waals surface area contributed by atoms with Gasteiger partial charge in [-0.1, -0.05) is 52.4 Å². The summed E-state index contributed by atoms with van der Waals surface area (Å²) in [5.74, 6) is 2.26. The van der Waals surface area contributed by atoms with Crippen LogP contribution in [0.1, 0.15) is 97.3 Å². The monoisotopic (exact) mass is 278 g/mol. The summed E-state index contributed by atoms with van der Waals surface area (Å²) in [4.78, 5) is 11.8. The Hall–Kier alpha value is -0.330. The molecule has 2 aliphatic carbocycles. The van der Waals surface area contributed by atoms with Crippen LogP contribution in [0.3, 0.4) is 0 Å². The topological polar surface area (TPSA) is 17.1 Å². The maximum atomic E-state index is 11.8. The minimum atomic E-state index is 0.450. The maximum absolute atomic E-state index is 11.8. The highest BCUT2D eigenvalue weighted by Crippen LogP contribution is 2.51. The van der Waals surface area contributed by atoms with Crippen LogP contribution < -0.4 is 0 Å². The van der Waals surface area contributed by atoms with Gasteiger partial charge in [-0.2, -0.15) is 0 Å². The summed E-state index contributed by atoms with van der Waals surface area (Å²) in [6.07, 6.45) is 17.0. The molecule has 0 aromatic rings. The van der Waals surface area contributed by atoms with E-state index in [4.69, 9.17) is 0 Å². The molecule has 0 radical (unpaired) electrons. The number of carbonyl (C=O) groups is 1. The molecule has 2 rings (SSSR count). The van der Waals surface area contributed by atoms with Crippen LogP contribution in [0, 0.1) is 17.3 Å². The Morgan fingerprint density at radius 3 is 1.75 bits per heavy atom. The number of hydrogen-bond donors (Lipinski definition) is 0. The first-order valence-electron chi connectivity index (χ1n) is 9.18. The van der Waals surface area contributed by atoms with E-state index in [1.807, 2.05) is 6.92 Å².